The molecular formula is C18H13F4NO. The third kappa shape index (κ3) is 3.32. The lowest BCUT2D eigenvalue weighted by Crippen LogP contribution is -2.11. The Morgan fingerprint density at radius 1 is 0.958 bits per heavy atom. The van der Waals surface area contributed by atoms with Crippen molar-refractivity contribution in [2.24, 2.45) is 0 Å². The van der Waals surface area contributed by atoms with E-state index in [2.05, 4.69) is 4.98 Å². The van der Waals surface area contributed by atoms with Crippen LogP contribution >= 0.6 is 0 Å². The average Bonchev–Trinajstić information content (AvgIpc) is 2.55. The van der Waals surface area contributed by atoms with Crippen molar-refractivity contribution in [1.29, 1.82) is 0 Å². The number of ether oxygens (including phenoxy) is 1. The summed E-state index contributed by atoms with van der Waals surface area (Å²) in [4.78, 5) is 3.95. The van der Waals surface area contributed by atoms with E-state index in [1.807, 2.05) is 0 Å². The number of pyridine rings is 1. The molecule has 3 rings (SSSR count). The van der Waals surface area contributed by atoms with Crippen LogP contribution in [0.4, 0.5) is 17.6 Å². The molecule has 0 atom stereocenters. The van der Waals surface area contributed by atoms with Crippen LogP contribution in [0.2, 0.25) is 0 Å². The first kappa shape index (κ1) is 16.2. The largest absolute Gasteiger partial charge is 0.492 e. The highest BCUT2D eigenvalue weighted by molar-refractivity contribution is 5.85. The minimum atomic E-state index is -4.40. The monoisotopic (exact) mass is 335 g/mol. The molecule has 0 aliphatic heterocycles. The first-order valence-electron chi connectivity index (χ1n) is 7.28. The van der Waals surface area contributed by atoms with Crippen LogP contribution in [-0.2, 0) is 12.6 Å². The van der Waals surface area contributed by atoms with Crippen LogP contribution in [0.5, 0.6) is 5.75 Å². The van der Waals surface area contributed by atoms with Gasteiger partial charge in [-0.05, 0) is 29.8 Å². The fraction of sp³-hybridized carbons (Fsp3) is 0.167. The quantitative estimate of drug-likeness (QED) is 0.625. The predicted octanol–water partition coefficient (Wildman–Crippen LogP) is 5.01. The van der Waals surface area contributed by atoms with Crippen molar-refractivity contribution < 1.29 is 22.3 Å². The van der Waals surface area contributed by atoms with E-state index in [-0.39, 0.29) is 24.1 Å². The Balaban J connectivity index is 1.78. The van der Waals surface area contributed by atoms with Crippen molar-refractivity contribution >= 4 is 10.9 Å². The molecule has 0 amide bonds. The van der Waals surface area contributed by atoms with Gasteiger partial charge in [0.2, 0.25) is 0 Å². The fourth-order valence-corrected chi connectivity index (χ4v) is 2.53. The number of aromatic nitrogens is 1. The van der Waals surface area contributed by atoms with Gasteiger partial charge in [-0.25, -0.2) is 4.39 Å². The van der Waals surface area contributed by atoms with Crippen molar-refractivity contribution in [2.45, 2.75) is 12.6 Å². The zero-order valence-corrected chi connectivity index (χ0v) is 12.5. The average molecular weight is 335 g/mol. The molecule has 3 aromatic rings. The summed E-state index contributed by atoms with van der Waals surface area (Å²) >= 11 is 0. The van der Waals surface area contributed by atoms with E-state index in [1.54, 1.807) is 18.2 Å². The van der Waals surface area contributed by atoms with Gasteiger partial charge in [-0.1, -0.05) is 24.3 Å². The van der Waals surface area contributed by atoms with Gasteiger partial charge in [0.15, 0.2) is 0 Å². The predicted molar refractivity (Wildman–Crippen MR) is 82.3 cm³/mol. The molecule has 0 radical (unpaired) electrons. The second-order valence-electron chi connectivity index (χ2n) is 5.20. The number of rotatable bonds is 4. The smallest absolute Gasteiger partial charge is 0.416 e. The van der Waals surface area contributed by atoms with Gasteiger partial charge in [0.25, 0.3) is 0 Å². The Morgan fingerprint density at radius 3 is 2.54 bits per heavy atom. The zero-order valence-electron chi connectivity index (χ0n) is 12.5. The van der Waals surface area contributed by atoms with Crippen LogP contribution in [0.3, 0.4) is 0 Å². The standard InChI is InChI=1S/C18H13F4NO/c19-15-7-3-5-13-16(8-10-23-17(13)15)24-11-9-12-4-1-2-6-14(12)18(20,21)22/h1-8,10H,9,11H2. The Labute approximate surface area is 135 Å². The molecular weight excluding hydrogens is 322 g/mol. The molecule has 0 aliphatic rings. The van der Waals surface area contributed by atoms with E-state index in [4.69, 9.17) is 4.74 Å². The molecule has 0 bridgehead atoms. The molecule has 0 fully saturated rings. The molecule has 0 N–H and O–H groups in total. The van der Waals surface area contributed by atoms with E-state index in [0.29, 0.717) is 11.1 Å². The maximum absolute atomic E-state index is 13.7. The van der Waals surface area contributed by atoms with E-state index < -0.39 is 17.6 Å². The number of para-hydroxylation sites is 1. The van der Waals surface area contributed by atoms with Gasteiger partial charge in [-0.2, -0.15) is 13.2 Å². The lowest BCUT2D eigenvalue weighted by Gasteiger charge is -2.13. The zero-order chi connectivity index (χ0) is 17.2. The third-order valence-corrected chi connectivity index (χ3v) is 3.63. The molecule has 0 saturated heterocycles. The molecule has 2 aromatic carbocycles. The Kier molecular flexibility index (Phi) is 4.38. The summed E-state index contributed by atoms with van der Waals surface area (Å²) < 4.78 is 58.1. The highest BCUT2D eigenvalue weighted by Gasteiger charge is 2.32. The number of hydrogen-bond donors (Lipinski definition) is 0. The van der Waals surface area contributed by atoms with Crippen LogP contribution in [0.1, 0.15) is 11.1 Å². The van der Waals surface area contributed by atoms with Gasteiger partial charge in [0.05, 0.1) is 12.2 Å². The summed E-state index contributed by atoms with van der Waals surface area (Å²) in [7, 11) is 0. The molecule has 1 heterocycles. The van der Waals surface area contributed by atoms with E-state index in [0.717, 1.165) is 6.07 Å². The molecule has 24 heavy (non-hydrogen) atoms. The number of fused-ring (bicyclic) bond motifs is 1. The Hall–Kier alpha value is -2.63. The summed E-state index contributed by atoms with van der Waals surface area (Å²) in [6.45, 7) is 0.0444. The van der Waals surface area contributed by atoms with Gasteiger partial charge < -0.3 is 4.74 Å². The second kappa shape index (κ2) is 6.47. The van der Waals surface area contributed by atoms with Gasteiger partial charge in [-0.15, -0.1) is 0 Å². The minimum absolute atomic E-state index is 0.0444. The van der Waals surface area contributed by atoms with E-state index in [9.17, 15) is 17.6 Å². The van der Waals surface area contributed by atoms with E-state index in [1.165, 1.54) is 30.5 Å². The number of hydrogen-bond acceptors (Lipinski definition) is 2. The van der Waals surface area contributed by atoms with Crippen molar-refractivity contribution in [2.75, 3.05) is 6.61 Å². The van der Waals surface area contributed by atoms with Gasteiger partial charge in [-0.3, -0.25) is 4.98 Å². The molecule has 1 aromatic heterocycles. The summed E-state index contributed by atoms with van der Waals surface area (Å²) in [5, 5.41) is 0.488. The third-order valence-electron chi connectivity index (χ3n) is 3.63. The number of benzene rings is 2. The molecule has 2 nitrogen and oxygen atoms in total. The Bertz CT molecular complexity index is 861. The normalized spacial score (nSPS) is 11.7. The number of nitrogens with zero attached hydrogens (tertiary/aromatic N) is 1. The van der Waals surface area contributed by atoms with Crippen molar-refractivity contribution in [3.8, 4) is 5.75 Å². The molecule has 6 heteroatoms. The highest BCUT2D eigenvalue weighted by atomic mass is 19.4. The minimum Gasteiger partial charge on any atom is -0.492 e. The summed E-state index contributed by atoms with van der Waals surface area (Å²) in [5.41, 5.74) is -0.334. The molecule has 0 aliphatic carbocycles. The van der Waals surface area contributed by atoms with Gasteiger partial charge in [0.1, 0.15) is 17.1 Å². The molecule has 0 saturated carbocycles. The summed E-state index contributed by atoms with van der Waals surface area (Å²) in [6, 6.07) is 11.4. The van der Waals surface area contributed by atoms with Gasteiger partial charge >= 0.3 is 6.18 Å². The van der Waals surface area contributed by atoms with Crippen LogP contribution in [-0.4, -0.2) is 11.6 Å². The molecule has 0 unspecified atom stereocenters. The fourth-order valence-electron chi connectivity index (χ4n) is 2.53. The van der Waals surface area contributed by atoms with Gasteiger partial charge in [0, 0.05) is 18.0 Å². The van der Waals surface area contributed by atoms with Crippen molar-refractivity contribution in [1.82, 2.24) is 4.98 Å². The lowest BCUT2D eigenvalue weighted by molar-refractivity contribution is -0.138. The molecule has 0 spiro atoms. The Morgan fingerprint density at radius 2 is 1.75 bits per heavy atom. The van der Waals surface area contributed by atoms with Crippen LogP contribution in [0, 0.1) is 5.82 Å². The maximum Gasteiger partial charge on any atom is 0.416 e. The highest BCUT2D eigenvalue weighted by Crippen LogP contribution is 2.32. The maximum atomic E-state index is 13.7. The van der Waals surface area contributed by atoms with Crippen LogP contribution in [0.15, 0.2) is 54.7 Å². The van der Waals surface area contributed by atoms with Crippen LogP contribution in [0.25, 0.3) is 10.9 Å². The first-order valence-corrected chi connectivity index (χ1v) is 7.28. The molecule has 124 valence electrons. The summed E-state index contributed by atoms with van der Waals surface area (Å²) in [5.74, 6) is -0.0793. The first-order chi connectivity index (χ1) is 11.5. The van der Waals surface area contributed by atoms with E-state index >= 15 is 0 Å². The summed E-state index contributed by atoms with van der Waals surface area (Å²) in [6.07, 6.45) is -2.90. The topological polar surface area (TPSA) is 22.1 Å². The SMILES string of the molecule is Fc1cccc2c(OCCc3ccccc3C(F)(F)F)ccnc12. The van der Waals surface area contributed by atoms with Crippen LogP contribution < -0.4 is 4.74 Å². The number of alkyl halides is 3. The van der Waals surface area contributed by atoms with Crippen molar-refractivity contribution in [3.63, 3.8) is 0 Å². The van der Waals surface area contributed by atoms with Crippen molar-refractivity contribution in [3.05, 3.63) is 71.7 Å². The second-order valence-corrected chi connectivity index (χ2v) is 5.20. The lowest BCUT2D eigenvalue weighted by atomic mass is 10.0. The number of halogens is 4.